The maximum Gasteiger partial charge on any atom is 0.167 e. The van der Waals surface area contributed by atoms with Crippen LogP contribution >= 0.6 is 0 Å². The number of carbonyl (C=O) groups is 1. The molecule has 4 aromatic carbocycles. The van der Waals surface area contributed by atoms with Crippen molar-refractivity contribution in [1.29, 1.82) is 0 Å². The van der Waals surface area contributed by atoms with Crippen molar-refractivity contribution in [2.24, 2.45) is 0 Å². The molecule has 1 nitrogen and oxygen atoms in total. The lowest BCUT2D eigenvalue weighted by atomic mass is 9.90. The minimum Gasteiger partial charge on any atom is -0.294 e. The second-order valence-corrected chi connectivity index (χ2v) is 6.55. The van der Waals surface area contributed by atoms with Crippen LogP contribution in [0.15, 0.2) is 97.1 Å². The molecule has 0 atom stereocenters. The molecule has 0 unspecified atom stereocenters. The second-order valence-electron chi connectivity index (χ2n) is 6.55. The Morgan fingerprint density at radius 2 is 1.31 bits per heavy atom. The first-order valence-electron chi connectivity index (χ1n) is 8.93. The molecular weight excluding hydrogens is 316 g/mol. The third-order valence-corrected chi connectivity index (χ3v) is 4.81. The fourth-order valence-corrected chi connectivity index (χ4v) is 3.45. The molecule has 0 saturated carbocycles. The molecule has 4 rings (SSSR count). The number of hydrogen-bond acceptors (Lipinski definition) is 1. The van der Waals surface area contributed by atoms with E-state index in [2.05, 4.69) is 60.7 Å². The molecule has 0 aliphatic heterocycles. The van der Waals surface area contributed by atoms with E-state index in [1.54, 1.807) is 0 Å². The van der Waals surface area contributed by atoms with Crippen LogP contribution in [0.5, 0.6) is 0 Å². The van der Waals surface area contributed by atoms with Crippen molar-refractivity contribution in [3.8, 4) is 0 Å². The summed E-state index contributed by atoms with van der Waals surface area (Å²) in [5, 5.41) is 2.45. The van der Waals surface area contributed by atoms with Crippen LogP contribution < -0.4 is 0 Å². The third kappa shape index (κ3) is 3.43. The molecule has 0 saturated heterocycles. The molecular formula is C25H20O. The number of carbonyl (C=O) groups excluding carboxylic acids is 1. The lowest BCUT2D eigenvalue weighted by Crippen LogP contribution is -2.07. The smallest absolute Gasteiger partial charge is 0.167 e. The van der Waals surface area contributed by atoms with Crippen LogP contribution in [0, 0.1) is 0 Å². The van der Waals surface area contributed by atoms with Gasteiger partial charge in [0.05, 0.1) is 0 Å². The minimum atomic E-state index is 0.162. The second kappa shape index (κ2) is 7.37. The van der Waals surface area contributed by atoms with Crippen LogP contribution in [0.1, 0.15) is 27.0 Å². The van der Waals surface area contributed by atoms with Crippen LogP contribution in [0.25, 0.3) is 10.8 Å². The average Bonchev–Trinajstić information content (AvgIpc) is 2.71. The van der Waals surface area contributed by atoms with Crippen LogP contribution in [0.2, 0.25) is 0 Å². The van der Waals surface area contributed by atoms with Crippen LogP contribution in [0.3, 0.4) is 0 Å². The molecule has 4 aromatic rings. The zero-order valence-corrected chi connectivity index (χ0v) is 14.6. The zero-order valence-electron chi connectivity index (χ0n) is 14.6. The van der Waals surface area contributed by atoms with Gasteiger partial charge in [-0.25, -0.2) is 0 Å². The lowest BCUT2D eigenvalue weighted by molar-refractivity contribution is 0.0993. The fraction of sp³-hybridized carbons (Fsp3) is 0.0800. The van der Waals surface area contributed by atoms with Crippen molar-refractivity contribution in [1.82, 2.24) is 0 Å². The van der Waals surface area contributed by atoms with Crippen molar-refractivity contribution in [3.05, 3.63) is 119 Å². The molecule has 0 aliphatic rings. The lowest BCUT2D eigenvalue weighted by Gasteiger charge is -2.13. The summed E-state index contributed by atoms with van der Waals surface area (Å²) >= 11 is 0. The van der Waals surface area contributed by atoms with Crippen molar-refractivity contribution in [2.75, 3.05) is 0 Å². The Morgan fingerprint density at radius 1 is 0.654 bits per heavy atom. The summed E-state index contributed by atoms with van der Waals surface area (Å²) in [5.41, 5.74) is 4.39. The van der Waals surface area contributed by atoms with Gasteiger partial charge in [-0.1, -0.05) is 97.1 Å². The van der Waals surface area contributed by atoms with Gasteiger partial charge in [-0.15, -0.1) is 0 Å². The first kappa shape index (κ1) is 16.3. The summed E-state index contributed by atoms with van der Waals surface area (Å²) in [4.78, 5) is 12.8. The van der Waals surface area contributed by atoms with E-state index in [4.69, 9.17) is 0 Å². The summed E-state index contributed by atoms with van der Waals surface area (Å²) in [7, 11) is 0. The highest BCUT2D eigenvalue weighted by Crippen LogP contribution is 2.26. The molecule has 0 aromatic heterocycles. The van der Waals surface area contributed by atoms with Gasteiger partial charge in [0.2, 0.25) is 0 Å². The highest BCUT2D eigenvalue weighted by molar-refractivity contribution is 5.98. The number of rotatable bonds is 5. The Labute approximate surface area is 153 Å². The highest BCUT2D eigenvalue weighted by atomic mass is 16.1. The first-order chi connectivity index (χ1) is 12.8. The van der Waals surface area contributed by atoms with E-state index in [-0.39, 0.29) is 5.78 Å². The predicted molar refractivity (Wildman–Crippen MR) is 108 cm³/mol. The highest BCUT2D eigenvalue weighted by Gasteiger charge is 2.13. The molecule has 0 bridgehead atoms. The normalized spacial score (nSPS) is 10.8. The number of ketones is 1. The predicted octanol–water partition coefficient (Wildman–Crippen LogP) is 5.86. The van der Waals surface area contributed by atoms with Crippen LogP contribution in [-0.4, -0.2) is 5.78 Å². The number of hydrogen-bond donors (Lipinski definition) is 0. The monoisotopic (exact) mass is 336 g/mol. The quantitative estimate of drug-likeness (QED) is 0.417. The van der Waals surface area contributed by atoms with Crippen molar-refractivity contribution in [3.63, 3.8) is 0 Å². The third-order valence-electron chi connectivity index (χ3n) is 4.81. The van der Waals surface area contributed by atoms with Gasteiger partial charge in [0.1, 0.15) is 0 Å². The van der Waals surface area contributed by atoms with Gasteiger partial charge in [0, 0.05) is 12.0 Å². The molecule has 26 heavy (non-hydrogen) atoms. The van der Waals surface area contributed by atoms with E-state index >= 15 is 0 Å². The van der Waals surface area contributed by atoms with Gasteiger partial charge < -0.3 is 0 Å². The van der Waals surface area contributed by atoms with E-state index in [9.17, 15) is 4.79 Å². The van der Waals surface area contributed by atoms with E-state index in [1.807, 2.05) is 36.4 Å². The molecule has 0 heterocycles. The topological polar surface area (TPSA) is 17.1 Å². The van der Waals surface area contributed by atoms with E-state index in [1.165, 1.54) is 21.9 Å². The number of fused-ring (bicyclic) bond motifs is 1. The SMILES string of the molecule is O=C(Cc1ccc2ccccc2c1Cc1ccccc1)c1ccccc1. The molecule has 1 heteroatoms. The molecule has 0 radical (unpaired) electrons. The van der Waals surface area contributed by atoms with Gasteiger partial charge in [-0.2, -0.15) is 0 Å². The molecule has 0 aliphatic carbocycles. The van der Waals surface area contributed by atoms with Crippen LogP contribution in [0.4, 0.5) is 0 Å². The average molecular weight is 336 g/mol. The summed E-state index contributed by atoms with van der Waals surface area (Å²) in [6.45, 7) is 0. The summed E-state index contributed by atoms with van der Waals surface area (Å²) in [6.07, 6.45) is 1.26. The van der Waals surface area contributed by atoms with Crippen molar-refractivity contribution in [2.45, 2.75) is 12.8 Å². The Kier molecular flexibility index (Phi) is 4.61. The standard InChI is InChI=1S/C25H20O/c26-25(21-12-5-2-6-13-21)18-22-16-15-20-11-7-8-14-23(20)24(22)17-19-9-3-1-4-10-19/h1-16H,17-18H2. The first-order valence-corrected chi connectivity index (χ1v) is 8.93. The van der Waals surface area contributed by atoms with Gasteiger partial charge in [0.15, 0.2) is 5.78 Å². The maximum atomic E-state index is 12.8. The molecule has 126 valence electrons. The van der Waals surface area contributed by atoms with Crippen LogP contribution in [-0.2, 0) is 12.8 Å². The van der Waals surface area contributed by atoms with Gasteiger partial charge in [-0.05, 0) is 33.9 Å². The zero-order chi connectivity index (χ0) is 17.8. The van der Waals surface area contributed by atoms with Crippen molar-refractivity contribution >= 4 is 16.6 Å². The summed E-state index contributed by atoms with van der Waals surface area (Å²) < 4.78 is 0. The Hall–Kier alpha value is -3.19. The summed E-state index contributed by atoms with van der Waals surface area (Å²) in [6, 6.07) is 32.6. The fourth-order valence-electron chi connectivity index (χ4n) is 3.45. The van der Waals surface area contributed by atoms with Crippen molar-refractivity contribution < 1.29 is 4.79 Å². The van der Waals surface area contributed by atoms with Gasteiger partial charge in [0.25, 0.3) is 0 Å². The van der Waals surface area contributed by atoms with Gasteiger partial charge in [-0.3, -0.25) is 4.79 Å². The Bertz CT molecular complexity index is 1030. The largest absolute Gasteiger partial charge is 0.294 e. The van der Waals surface area contributed by atoms with E-state index < -0.39 is 0 Å². The number of benzene rings is 4. The molecule has 0 amide bonds. The maximum absolute atomic E-state index is 12.8. The number of Topliss-reactive ketones (excluding diaryl/α,β-unsaturated/α-hetero) is 1. The molecule has 0 fully saturated rings. The Morgan fingerprint density at radius 3 is 2.08 bits per heavy atom. The van der Waals surface area contributed by atoms with E-state index in [0.717, 1.165) is 17.5 Å². The Balaban J connectivity index is 1.76. The van der Waals surface area contributed by atoms with Gasteiger partial charge >= 0.3 is 0 Å². The summed E-state index contributed by atoms with van der Waals surface area (Å²) in [5.74, 6) is 0.162. The molecule has 0 spiro atoms. The minimum absolute atomic E-state index is 0.162. The molecule has 0 N–H and O–H groups in total. The van der Waals surface area contributed by atoms with E-state index in [0.29, 0.717) is 6.42 Å².